The number of hydrogen-bond donors (Lipinski definition) is 2. The molecule has 0 aliphatic carbocycles. The molecule has 3 nitrogen and oxygen atoms in total. The Bertz CT molecular complexity index is 74.5. The molecule has 0 aliphatic rings. The Hall–Kier alpha value is -0.120. The van der Waals surface area contributed by atoms with Crippen LogP contribution < -0.4 is 5.73 Å². The highest BCUT2D eigenvalue weighted by molar-refractivity contribution is 4.57. The maximum Gasteiger partial charge on any atom is 0.0471 e. The van der Waals surface area contributed by atoms with Gasteiger partial charge < -0.3 is 15.6 Å². The quantitative estimate of drug-likeness (QED) is 0.530. The van der Waals surface area contributed by atoms with Crippen LogP contribution in [0.5, 0.6) is 0 Å². The summed E-state index contributed by atoms with van der Waals surface area (Å²) in [6, 6.07) is 0. The van der Waals surface area contributed by atoms with E-state index in [1.165, 1.54) is 0 Å². The molecule has 0 saturated carbocycles. The average molecular weight is 161 g/mol. The molecule has 1 unspecified atom stereocenters. The van der Waals surface area contributed by atoms with Crippen LogP contribution in [0, 0.1) is 5.92 Å². The molecule has 3 heteroatoms. The van der Waals surface area contributed by atoms with Gasteiger partial charge in [-0.05, 0) is 32.2 Å². The first kappa shape index (κ1) is 10.9. The zero-order valence-electron chi connectivity index (χ0n) is 7.25. The molecule has 3 N–H and O–H groups in total. The van der Waals surface area contributed by atoms with Crippen LogP contribution in [0.3, 0.4) is 0 Å². The monoisotopic (exact) mass is 161 g/mol. The van der Waals surface area contributed by atoms with Crippen LogP contribution >= 0.6 is 0 Å². The van der Waals surface area contributed by atoms with E-state index in [1.54, 1.807) is 0 Å². The topological polar surface area (TPSA) is 55.5 Å². The zero-order valence-corrected chi connectivity index (χ0v) is 7.25. The Morgan fingerprint density at radius 1 is 1.55 bits per heavy atom. The highest BCUT2D eigenvalue weighted by Gasteiger charge is 2.03. The number of nitrogens with two attached hydrogens (primary N) is 1. The number of rotatable bonds is 7. The van der Waals surface area contributed by atoms with Gasteiger partial charge in [-0.25, -0.2) is 0 Å². The van der Waals surface area contributed by atoms with Gasteiger partial charge in [0.1, 0.15) is 0 Å². The van der Waals surface area contributed by atoms with E-state index >= 15 is 0 Å². The summed E-state index contributed by atoms with van der Waals surface area (Å²) in [5.74, 6) is 0.260. The van der Waals surface area contributed by atoms with Gasteiger partial charge in [-0.2, -0.15) is 0 Å². The molecule has 68 valence electrons. The molecule has 0 heterocycles. The van der Waals surface area contributed by atoms with Crippen molar-refractivity contribution in [2.45, 2.75) is 19.8 Å². The minimum absolute atomic E-state index is 0.197. The van der Waals surface area contributed by atoms with Crippen molar-refractivity contribution < 1.29 is 9.84 Å². The van der Waals surface area contributed by atoms with E-state index in [0.29, 0.717) is 6.54 Å². The molecule has 0 radical (unpaired) electrons. The number of ether oxygens (including phenoxy) is 1. The number of aliphatic hydroxyl groups excluding tert-OH is 1. The summed E-state index contributed by atoms with van der Waals surface area (Å²) in [4.78, 5) is 0. The fraction of sp³-hybridized carbons (Fsp3) is 1.00. The van der Waals surface area contributed by atoms with Crippen LogP contribution in [0.2, 0.25) is 0 Å². The second-order valence-electron chi connectivity index (χ2n) is 2.62. The van der Waals surface area contributed by atoms with E-state index in [2.05, 4.69) is 0 Å². The van der Waals surface area contributed by atoms with E-state index in [-0.39, 0.29) is 12.5 Å². The molecule has 1 atom stereocenters. The Morgan fingerprint density at radius 3 is 2.73 bits per heavy atom. The fourth-order valence-corrected chi connectivity index (χ4v) is 0.902. The van der Waals surface area contributed by atoms with Crippen molar-refractivity contribution in [1.82, 2.24) is 0 Å². The first-order valence-electron chi connectivity index (χ1n) is 4.23. The van der Waals surface area contributed by atoms with Crippen molar-refractivity contribution in [2.24, 2.45) is 11.7 Å². The summed E-state index contributed by atoms with van der Waals surface area (Å²) in [6.07, 6.45) is 1.96. The summed E-state index contributed by atoms with van der Waals surface area (Å²) in [5, 5.41) is 8.76. The maximum atomic E-state index is 8.76. The van der Waals surface area contributed by atoms with Crippen molar-refractivity contribution >= 4 is 0 Å². The van der Waals surface area contributed by atoms with Crippen molar-refractivity contribution in [3.05, 3.63) is 0 Å². The van der Waals surface area contributed by atoms with Gasteiger partial charge in [0, 0.05) is 19.8 Å². The molecule has 11 heavy (non-hydrogen) atoms. The number of aliphatic hydroxyl groups is 1. The Labute approximate surface area is 68.5 Å². The van der Waals surface area contributed by atoms with E-state index in [9.17, 15) is 0 Å². The van der Waals surface area contributed by atoms with Crippen molar-refractivity contribution in [3.63, 3.8) is 0 Å². The molecule has 0 aromatic heterocycles. The molecule has 0 amide bonds. The molecule has 0 aromatic carbocycles. The molecule has 0 fully saturated rings. The average Bonchev–Trinajstić information content (AvgIpc) is 2.05. The third-order valence-corrected chi connectivity index (χ3v) is 1.70. The second-order valence-corrected chi connectivity index (χ2v) is 2.62. The second kappa shape index (κ2) is 7.98. The Balaban J connectivity index is 3.07. The van der Waals surface area contributed by atoms with Crippen LogP contribution in [0.25, 0.3) is 0 Å². The fourth-order valence-electron chi connectivity index (χ4n) is 0.902. The first-order chi connectivity index (χ1) is 5.35. The van der Waals surface area contributed by atoms with Crippen LogP contribution in [-0.4, -0.2) is 31.5 Å². The summed E-state index contributed by atoms with van der Waals surface area (Å²) >= 11 is 0. The third kappa shape index (κ3) is 6.28. The minimum Gasteiger partial charge on any atom is -0.396 e. The maximum absolute atomic E-state index is 8.76. The zero-order chi connectivity index (χ0) is 8.53. The molecule has 0 aliphatic heterocycles. The highest BCUT2D eigenvalue weighted by atomic mass is 16.5. The SMILES string of the molecule is CCOCCCC(CN)CO. The molecular weight excluding hydrogens is 142 g/mol. The molecule has 0 bridgehead atoms. The summed E-state index contributed by atoms with van der Waals surface area (Å²) in [7, 11) is 0. The molecule has 0 rings (SSSR count). The lowest BCUT2D eigenvalue weighted by Gasteiger charge is -2.10. The van der Waals surface area contributed by atoms with Gasteiger partial charge in [0.2, 0.25) is 0 Å². The predicted octanol–water partition coefficient (Wildman–Crippen LogP) is 0.370. The summed E-state index contributed by atoms with van der Waals surface area (Å²) in [6.45, 7) is 4.30. The van der Waals surface area contributed by atoms with Crippen LogP contribution in [0.4, 0.5) is 0 Å². The van der Waals surface area contributed by atoms with E-state index in [0.717, 1.165) is 26.1 Å². The summed E-state index contributed by atoms with van der Waals surface area (Å²) in [5.41, 5.74) is 5.40. The first-order valence-corrected chi connectivity index (χ1v) is 4.23. The van der Waals surface area contributed by atoms with Crippen molar-refractivity contribution in [3.8, 4) is 0 Å². The van der Waals surface area contributed by atoms with Crippen molar-refractivity contribution in [2.75, 3.05) is 26.4 Å². The minimum atomic E-state index is 0.197. The predicted molar refractivity (Wildman–Crippen MR) is 45.4 cm³/mol. The van der Waals surface area contributed by atoms with Gasteiger partial charge in [-0.1, -0.05) is 0 Å². The van der Waals surface area contributed by atoms with E-state index in [1.807, 2.05) is 6.92 Å². The lowest BCUT2D eigenvalue weighted by molar-refractivity contribution is 0.133. The lowest BCUT2D eigenvalue weighted by Crippen LogP contribution is -2.18. The number of hydrogen-bond acceptors (Lipinski definition) is 3. The van der Waals surface area contributed by atoms with Gasteiger partial charge in [-0.15, -0.1) is 0 Å². The molecule has 0 aromatic rings. The van der Waals surface area contributed by atoms with Gasteiger partial charge in [0.15, 0.2) is 0 Å². The Kier molecular flexibility index (Phi) is 7.89. The normalized spacial score (nSPS) is 13.4. The highest BCUT2D eigenvalue weighted by Crippen LogP contribution is 2.03. The molecule has 0 spiro atoms. The third-order valence-electron chi connectivity index (χ3n) is 1.70. The van der Waals surface area contributed by atoms with Crippen LogP contribution in [-0.2, 0) is 4.74 Å². The summed E-state index contributed by atoms with van der Waals surface area (Å²) < 4.78 is 5.15. The van der Waals surface area contributed by atoms with E-state index in [4.69, 9.17) is 15.6 Å². The van der Waals surface area contributed by atoms with Gasteiger partial charge in [0.05, 0.1) is 0 Å². The van der Waals surface area contributed by atoms with E-state index < -0.39 is 0 Å². The standard InChI is InChI=1S/C8H19NO2/c1-2-11-5-3-4-8(6-9)7-10/h8,10H,2-7,9H2,1H3. The molecular formula is C8H19NO2. The molecule has 0 saturated heterocycles. The Morgan fingerprint density at radius 2 is 2.27 bits per heavy atom. The van der Waals surface area contributed by atoms with Gasteiger partial charge in [-0.3, -0.25) is 0 Å². The van der Waals surface area contributed by atoms with Crippen LogP contribution in [0.15, 0.2) is 0 Å². The van der Waals surface area contributed by atoms with Gasteiger partial charge in [0.25, 0.3) is 0 Å². The van der Waals surface area contributed by atoms with Gasteiger partial charge >= 0.3 is 0 Å². The van der Waals surface area contributed by atoms with Crippen molar-refractivity contribution in [1.29, 1.82) is 0 Å². The lowest BCUT2D eigenvalue weighted by atomic mass is 10.1. The van der Waals surface area contributed by atoms with Crippen LogP contribution in [0.1, 0.15) is 19.8 Å². The smallest absolute Gasteiger partial charge is 0.0471 e. The largest absolute Gasteiger partial charge is 0.396 e.